The third kappa shape index (κ3) is 5.67. The molecular formula is C11H16O4. The van der Waals surface area contributed by atoms with Crippen molar-refractivity contribution in [2.24, 2.45) is 0 Å². The Hall–Kier alpha value is -1.58. The minimum absolute atomic E-state index is 0.309. The zero-order valence-corrected chi connectivity index (χ0v) is 9.12. The Morgan fingerprint density at radius 2 is 2.07 bits per heavy atom. The SMILES string of the molecule is C=COC(=O)/C(=C\C(=O)OC)CCCC. The summed E-state index contributed by atoms with van der Waals surface area (Å²) in [6, 6.07) is 0. The molecule has 0 N–H and O–H groups in total. The molecule has 4 heteroatoms. The normalized spacial score (nSPS) is 10.7. The number of ether oxygens (including phenoxy) is 2. The lowest BCUT2D eigenvalue weighted by Crippen LogP contribution is -2.07. The van der Waals surface area contributed by atoms with Gasteiger partial charge in [-0.1, -0.05) is 19.9 Å². The average molecular weight is 212 g/mol. The van der Waals surface area contributed by atoms with Crippen molar-refractivity contribution >= 4 is 11.9 Å². The lowest BCUT2D eigenvalue weighted by Gasteiger charge is -2.03. The van der Waals surface area contributed by atoms with E-state index in [1.54, 1.807) is 0 Å². The fraction of sp³-hybridized carbons (Fsp3) is 0.455. The number of methoxy groups -OCH3 is 1. The first-order valence-electron chi connectivity index (χ1n) is 4.76. The van der Waals surface area contributed by atoms with Gasteiger partial charge >= 0.3 is 11.9 Å². The van der Waals surface area contributed by atoms with Gasteiger partial charge in [-0.05, 0) is 12.8 Å². The Labute approximate surface area is 89.6 Å². The molecule has 0 aliphatic carbocycles. The number of hydrogen-bond acceptors (Lipinski definition) is 4. The molecule has 0 atom stereocenters. The molecule has 0 aliphatic rings. The Morgan fingerprint density at radius 1 is 1.40 bits per heavy atom. The van der Waals surface area contributed by atoms with Gasteiger partial charge in [-0.3, -0.25) is 0 Å². The number of hydrogen-bond donors (Lipinski definition) is 0. The standard InChI is InChI=1S/C11H16O4/c1-4-6-7-9(8-10(12)14-3)11(13)15-5-2/h5,8H,2,4,6-7H2,1,3H3/b9-8-. The Kier molecular flexibility index (Phi) is 6.97. The maximum Gasteiger partial charge on any atom is 0.339 e. The molecular weight excluding hydrogens is 196 g/mol. The highest BCUT2D eigenvalue weighted by Crippen LogP contribution is 2.09. The summed E-state index contributed by atoms with van der Waals surface area (Å²) < 4.78 is 9.04. The van der Waals surface area contributed by atoms with Gasteiger partial charge in [-0.15, -0.1) is 0 Å². The zero-order chi connectivity index (χ0) is 11.7. The van der Waals surface area contributed by atoms with E-state index in [1.807, 2.05) is 6.92 Å². The van der Waals surface area contributed by atoms with Gasteiger partial charge < -0.3 is 9.47 Å². The molecule has 0 bridgehead atoms. The number of unbranched alkanes of at least 4 members (excludes halogenated alkanes) is 1. The molecule has 0 unspecified atom stereocenters. The predicted molar refractivity (Wildman–Crippen MR) is 55.9 cm³/mol. The summed E-state index contributed by atoms with van der Waals surface area (Å²) in [5, 5.41) is 0. The third-order valence-corrected chi connectivity index (χ3v) is 1.75. The Balaban J connectivity index is 4.55. The molecule has 0 aromatic heterocycles. The molecule has 0 rings (SSSR count). The summed E-state index contributed by atoms with van der Waals surface area (Å²) in [7, 11) is 1.26. The smallest absolute Gasteiger partial charge is 0.339 e. The van der Waals surface area contributed by atoms with Crippen LogP contribution in [0.2, 0.25) is 0 Å². The monoisotopic (exact) mass is 212 g/mol. The van der Waals surface area contributed by atoms with E-state index in [-0.39, 0.29) is 0 Å². The van der Waals surface area contributed by atoms with Crippen LogP contribution in [0.5, 0.6) is 0 Å². The predicted octanol–water partition coefficient (Wildman–Crippen LogP) is 1.96. The van der Waals surface area contributed by atoms with Crippen LogP contribution < -0.4 is 0 Å². The molecule has 0 aromatic carbocycles. The molecule has 0 aliphatic heterocycles. The zero-order valence-electron chi connectivity index (χ0n) is 9.12. The lowest BCUT2D eigenvalue weighted by atomic mass is 10.1. The van der Waals surface area contributed by atoms with Gasteiger partial charge in [0.05, 0.1) is 13.4 Å². The van der Waals surface area contributed by atoms with Crippen molar-refractivity contribution in [1.82, 2.24) is 0 Å². The Bertz CT molecular complexity index is 266. The van der Waals surface area contributed by atoms with E-state index in [9.17, 15) is 9.59 Å². The van der Waals surface area contributed by atoms with Gasteiger partial charge in [0, 0.05) is 11.6 Å². The number of rotatable bonds is 6. The van der Waals surface area contributed by atoms with E-state index in [0.29, 0.717) is 12.0 Å². The van der Waals surface area contributed by atoms with E-state index < -0.39 is 11.9 Å². The first-order chi connectivity index (χ1) is 7.15. The second-order valence-corrected chi connectivity index (χ2v) is 2.87. The lowest BCUT2D eigenvalue weighted by molar-refractivity contribution is -0.137. The summed E-state index contributed by atoms with van der Waals surface area (Å²) >= 11 is 0. The summed E-state index contributed by atoms with van der Waals surface area (Å²) in [5.41, 5.74) is 0.309. The summed E-state index contributed by atoms with van der Waals surface area (Å²) in [4.78, 5) is 22.3. The number of carbonyl (C=O) groups is 2. The van der Waals surface area contributed by atoms with Crippen molar-refractivity contribution in [2.45, 2.75) is 26.2 Å². The maximum absolute atomic E-state index is 11.3. The van der Waals surface area contributed by atoms with E-state index >= 15 is 0 Å². The molecule has 0 saturated heterocycles. The minimum atomic E-state index is -0.554. The first-order valence-corrected chi connectivity index (χ1v) is 4.76. The molecule has 0 radical (unpaired) electrons. The molecule has 84 valence electrons. The van der Waals surface area contributed by atoms with Gasteiger partial charge in [-0.2, -0.15) is 0 Å². The highest BCUT2D eigenvalue weighted by atomic mass is 16.5. The highest BCUT2D eigenvalue weighted by molar-refractivity contribution is 5.96. The largest absolute Gasteiger partial charge is 0.466 e. The van der Waals surface area contributed by atoms with Crippen LogP contribution in [0, 0.1) is 0 Å². The quantitative estimate of drug-likeness (QED) is 0.383. The van der Waals surface area contributed by atoms with Crippen LogP contribution in [-0.4, -0.2) is 19.0 Å². The van der Waals surface area contributed by atoms with E-state index in [0.717, 1.165) is 25.2 Å². The van der Waals surface area contributed by atoms with Crippen LogP contribution >= 0.6 is 0 Å². The van der Waals surface area contributed by atoms with Crippen molar-refractivity contribution in [3.05, 3.63) is 24.5 Å². The van der Waals surface area contributed by atoms with E-state index in [1.165, 1.54) is 7.11 Å². The molecule has 15 heavy (non-hydrogen) atoms. The summed E-state index contributed by atoms with van der Waals surface area (Å²) in [5.74, 6) is -1.11. The van der Waals surface area contributed by atoms with Gasteiger partial charge in [-0.25, -0.2) is 9.59 Å². The topological polar surface area (TPSA) is 52.6 Å². The second kappa shape index (κ2) is 7.79. The Morgan fingerprint density at radius 3 is 2.53 bits per heavy atom. The molecule has 0 saturated carbocycles. The maximum atomic E-state index is 11.3. The molecule has 0 spiro atoms. The van der Waals surface area contributed by atoms with Gasteiger partial charge in [0.1, 0.15) is 0 Å². The van der Waals surface area contributed by atoms with Crippen molar-refractivity contribution in [3.63, 3.8) is 0 Å². The van der Waals surface area contributed by atoms with Gasteiger partial charge in [0.2, 0.25) is 0 Å². The van der Waals surface area contributed by atoms with Crippen LogP contribution in [0.3, 0.4) is 0 Å². The molecule has 0 heterocycles. The van der Waals surface area contributed by atoms with Crippen LogP contribution in [0.15, 0.2) is 24.5 Å². The second-order valence-electron chi connectivity index (χ2n) is 2.87. The highest BCUT2D eigenvalue weighted by Gasteiger charge is 2.11. The number of esters is 2. The third-order valence-electron chi connectivity index (χ3n) is 1.75. The average Bonchev–Trinajstić information content (AvgIpc) is 2.24. The van der Waals surface area contributed by atoms with Crippen LogP contribution in [0.4, 0.5) is 0 Å². The molecule has 0 fully saturated rings. The first kappa shape index (κ1) is 13.4. The van der Waals surface area contributed by atoms with E-state index in [2.05, 4.69) is 16.1 Å². The van der Waals surface area contributed by atoms with Crippen molar-refractivity contribution in [1.29, 1.82) is 0 Å². The van der Waals surface area contributed by atoms with Crippen molar-refractivity contribution < 1.29 is 19.1 Å². The van der Waals surface area contributed by atoms with E-state index in [4.69, 9.17) is 0 Å². The van der Waals surface area contributed by atoms with Crippen LogP contribution in [0.1, 0.15) is 26.2 Å². The van der Waals surface area contributed by atoms with Gasteiger partial charge in [0.15, 0.2) is 0 Å². The minimum Gasteiger partial charge on any atom is -0.466 e. The number of carbonyl (C=O) groups excluding carboxylic acids is 2. The van der Waals surface area contributed by atoms with Crippen molar-refractivity contribution in [2.75, 3.05) is 7.11 Å². The molecule has 4 nitrogen and oxygen atoms in total. The van der Waals surface area contributed by atoms with Crippen molar-refractivity contribution in [3.8, 4) is 0 Å². The summed E-state index contributed by atoms with van der Waals surface area (Å²) in [6.45, 7) is 5.27. The van der Waals surface area contributed by atoms with Crippen LogP contribution in [0.25, 0.3) is 0 Å². The fourth-order valence-electron chi connectivity index (χ4n) is 0.953. The fourth-order valence-corrected chi connectivity index (χ4v) is 0.953. The molecule has 0 amide bonds. The van der Waals surface area contributed by atoms with Gasteiger partial charge in [0.25, 0.3) is 0 Å². The molecule has 0 aromatic rings. The summed E-state index contributed by atoms with van der Waals surface area (Å²) in [6.07, 6.45) is 4.44. The van der Waals surface area contributed by atoms with Crippen LogP contribution in [-0.2, 0) is 19.1 Å².